The second-order valence-electron chi connectivity index (χ2n) is 3.43. The molecule has 2 nitrogen and oxygen atoms in total. The average molecular weight is 216 g/mol. The predicted octanol–water partition coefficient (Wildman–Crippen LogP) is 2.79. The topological polar surface area (TPSA) is 18.5 Å². The molecule has 0 aliphatic carbocycles. The Labute approximate surface area is 96.9 Å². The molecule has 2 heteroatoms. The molecule has 0 amide bonds. The smallest absolute Gasteiger partial charge is 0.119 e. The lowest BCUT2D eigenvalue weighted by Crippen LogP contribution is -1.93. The molecule has 0 atom stereocenters. The van der Waals surface area contributed by atoms with Crippen LogP contribution < -0.4 is 4.74 Å². The molecule has 1 aromatic carbocycles. The van der Waals surface area contributed by atoms with Crippen LogP contribution in [0.5, 0.6) is 5.75 Å². The van der Waals surface area contributed by atoms with Gasteiger partial charge >= 0.3 is 0 Å². The lowest BCUT2D eigenvalue weighted by Gasteiger charge is -2.03. The monoisotopic (exact) mass is 216 g/mol. The van der Waals surface area contributed by atoms with Crippen molar-refractivity contribution >= 4 is 0 Å². The highest BCUT2D eigenvalue weighted by Crippen LogP contribution is 2.12. The Morgan fingerprint density at radius 1 is 1.44 bits per heavy atom. The van der Waals surface area contributed by atoms with Crippen LogP contribution in [0.15, 0.2) is 36.4 Å². The van der Waals surface area contributed by atoms with Crippen molar-refractivity contribution in [3.8, 4) is 17.6 Å². The third-order valence-corrected chi connectivity index (χ3v) is 1.88. The van der Waals surface area contributed by atoms with Gasteiger partial charge in [-0.15, -0.1) is 0 Å². The SMILES string of the molecule is C=C(C)C#CCOCc1cccc(OC)c1. The standard InChI is InChI=1S/C14H16O2/c1-12(2)6-5-9-16-11-13-7-4-8-14(10-13)15-3/h4,7-8,10H,1,9,11H2,2-3H3. The van der Waals surface area contributed by atoms with Gasteiger partial charge in [-0.1, -0.05) is 30.6 Å². The minimum absolute atomic E-state index is 0.421. The first kappa shape index (κ1) is 12.4. The van der Waals surface area contributed by atoms with E-state index in [1.807, 2.05) is 31.2 Å². The molecule has 0 heterocycles. The lowest BCUT2D eigenvalue weighted by molar-refractivity contribution is 0.153. The Bertz CT molecular complexity index is 410. The van der Waals surface area contributed by atoms with E-state index in [9.17, 15) is 0 Å². The minimum Gasteiger partial charge on any atom is -0.497 e. The van der Waals surface area contributed by atoms with E-state index < -0.39 is 0 Å². The van der Waals surface area contributed by atoms with Gasteiger partial charge in [0.15, 0.2) is 0 Å². The summed E-state index contributed by atoms with van der Waals surface area (Å²) in [6.45, 7) is 6.52. The number of ether oxygens (including phenoxy) is 2. The number of benzene rings is 1. The summed E-state index contributed by atoms with van der Waals surface area (Å²) in [5.41, 5.74) is 1.93. The van der Waals surface area contributed by atoms with Crippen LogP contribution in [0.25, 0.3) is 0 Å². The second kappa shape index (κ2) is 6.71. The summed E-state index contributed by atoms with van der Waals surface area (Å²) >= 11 is 0. The molecule has 84 valence electrons. The second-order valence-corrected chi connectivity index (χ2v) is 3.43. The third kappa shape index (κ3) is 4.68. The first-order valence-corrected chi connectivity index (χ1v) is 5.07. The van der Waals surface area contributed by atoms with Gasteiger partial charge in [-0.25, -0.2) is 0 Å². The fraction of sp³-hybridized carbons (Fsp3) is 0.286. The maximum atomic E-state index is 5.40. The maximum absolute atomic E-state index is 5.40. The molecule has 0 N–H and O–H groups in total. The van der Waals surface area contributed by atoms with Gasteiger partial charge in [0.2, 0.25) is 0 Å². The normalized spacial score (nSPS) is 9.12. The van der Waals surface area contributed by atoms with Crippen LogP contribution in [0.4, 0.5) is 0 Å². The van der Waals surface area contributed by atoms with Crippen LogP contribution in [-0.2, 0) is 11.3 Å². The minimum atomic E-state index is 0.421. The van der Waals surface area contributed by atoms with Gasteiger partial charge in [0.05, 0.1) is 13.7 Å². The zero-order chi connectivity index (χ0) is 11.8. The highest BCUT2D eigenvalue weighted by atomic mass is 16.5. The van der Waals surface area contributed by atoms with E-state index in [1.54, 1.807) is 7.11 Å². The molecule has 0 radical (unpaired) electrons. The Morgan fingerprint density at radius 3 is 2.94 bits per heavy atom. The van der Waals surface area contributed by atoms with Crippen molar-refractivity contribution in [2.45, 2.75) is 13.5 Å². The molecule has 0 bridgehead atoms. The average Bonchev–Trinajstić information content (AvgIpc) is 2.28. The number of hydrogen-bond donors (Lipinski definition) is 0. The lowest BCUT2D eigenvalue weighted by atomic mass is 10.2. The summed E-state index contributed by atoms with van der Waals surface area (Å²) in [5.74, 6) is 6.58. The molecule has 0 aromatic heterocycles. The molecule has 0 spiro atoms. The van der Waals surface area contributed by atoms with Crippen molar-refractivity contribution in [3.05, 3.63) is 42.0 Å². The predicted molar refractivity (Wildman–Crippen MR) is 65.2 cm³/mol. The van der Waals surface area contributed by atoms with Crippen molar-refractivity contribution < 1.29 is 9.47 Å². The molecule has 0 aliphatic heterocycles. The van der Waals surface area contributed by atoms with Crippen molar-refractivity contribution in [1.82, 2.24) is 0 Å². The molecule has 0 fully saturated rings. The zero-order valence-corrected chi connectivity index (χ0v) is 9.75. The largest absolute Gasteiger partial charge is 0.497 e. The van der Waals surface area contributed by atoms with Gasteiger partial charge in [-0.3, -0.25) is 0 Å². The van der Waals surface area contributed by atoms with Gasteiger partial charge in [-0.2, -0.15) is 0 Å². The van der Waals surface area contributed by atoms with Crippen molar-refractivity contribution in [1.29, 1.82) is 0 Å². The summed E-state index contributed by atoms with van der Waals surface area (Å²) in [7, 11) is 1.65. The number of methoxy groups -OCH3 is 1. The van der Waals surface area contributed by atoms with Gasteiger partial charge in [0.25, 0.3) is 0 Å². The number of hydrogen-bond acceptors (Lipinski definition) is 2. The Morgan fingerprint density at radius 2 is 2.25 bits per heavy atom. The number of allylic oxidation sites excluding steroid dienone is 1. The Hall–Kier alpha value is -1.72. The van der Waals surface area contributed by atoms with Crippen LogP contribution >= 0.6 is 0 Å². The van der Waals surface area contributed by atoms with Crippen LogP contribution in [0.3, 0.4) is 0 Å². The molecule has 0 aliphatic rings. The Kier molecular flexibility index (Phi) is 5.18. The molecule has 16 heavy (non-hydrogen) atoms. The van der Waals surface area contributed by atoms with E-state index in [1.165, 1.54) is 0 Å². The van der Waals surface area contributed by atoms with E-state index in [2.05, 4.69) is 18.4 Å². The van der Waals surface area contributed by atoms with Crippen molar-refractivity contribution in [2.75, 3.05) is 13.7 Å². The van der Waals surface area contributed by atoms with E-state index >= 15 is 0 Å². The molecule has 0 saturated carbocycles. The highest BCUT2D eigenvalue weighted by molar-refractivity contribution is 5.28. The van der Waals surface area contributed by atoms with Crippen LogP contribution in [0.1, 0.15) is 12.5 Å². The number of rotatable bonds is 4. The quantitative estimate of drug-likeness (QED) is 0.569. The van der Waals surface area contributed by atoms with E-state index in [0.717, 1.165) is 16.9 Å². The van der Waals surface area contributed by atoms with E-state index in [0.29, 0.717) is 13.2 Å². The maximum Gasteiger partial charge on any atom is 0.119 e. The van der Waals surface area contributed by atoms with Crippen LogP contribution in [0.2, 0.25) is 0 Å². The fourth-order valence-corrected chi connectivity index (χ4v) is 1.17. The van der Waals surface area contributed by atoms with Gasteiger partial charge in [-0.05, 0) is 30.2 Å². The first-order valence-electron chi connectivity index (χ1n) is 5.07. The summed E-state index contributed by atoms with van der Waals surface area (Å²) < 4.78 is 10.5. The van der Waals surface area contributed by atoms with Crippen molar-refractivity contribution in [3.63, 3.8) is 0 Å². The summed E-state index contributed by atoms with van der Waals surface area (Å²) in [4.78, 5) is 0. The van der Waals surface area contributed by atoms with E-state index in [4.69, 9.17) is 9.47 Å². The summed E-state index contributed by atoms with van der Waals surface area (Å²) in [6, 6.07) is 7.79. The molecule has 0 saturated heterocycles. The molecular weight excluding hydrogens is 200 g/mol. The first-order chi connectivity index (χ1) is 7.72. The van der Waals surface area contributed by atoms with E-state index in [-0.39, 0.29) is 0 Å². The summed E-state index contributed by atoms with van der Waals surface area (Å²) in [6.07, 6.45) is 0. The van der Waals surface area contributed by atoms with Crippen LogP contribution in [0, 0.1) is 11.8 Å². The Balaban J connectivity index is 2.38. The highest BCUT2D eigenvalue weighted by Gasteiger charge is 1.94. The summed E-state index contributed by atoms with van der Waals surface area (Å²) in [5, 5.41) is 0. The fourth-order valence-electron chi connectivity index (χ4n) is 1.17. The van der Waals surface area contributed by atoms with Gasteiger partial charge < -0.3 is 9.47 Å². The van der Waals surface area contributed by atoms with Crippen LogP contribution in [-0.4, -0.2) is 13.7 Å². The molecule has 1 rings (SSSR count). The molecule has 1 aromatic rings. The third-order valence-electron chi connectivity index (χ3n) is 1.88. The van der Waals surface area contributed by atoms with Crippen molar-refractivity contribution in [2.24, 2.45) is 0 Å². The molecule has 0 unspecified atom stereocenters. The zero-order valence-electron chi connectivity index (χ0n) is 9.75. The molecular formula is C14H16O2. The van der Waals surface area contributed by atoms with Gasteiger partial charge in [0.1, 0.15) is 12.4 Å². The van der Waals surface area contributed by atoms with Gasteiger partial charge in [0, 0.05) is 0 Å².